The molecule has 0 bridgehead atoms. The van der Waals surface area contributed by atoms with Gasteiger partial charge in [-0.1, -0.05) is 60.7 Å². The van der Waals surface area contributed by atoms with Crippen LogP contribution >= 0.6 is 0 Å². The highest BCUT2D eigenvalue weighted by Crippen LogP contribution is 2.09. The van der Waals surface area contributed by atoms with Gasteiger partial charge in [-0.15, -0.1) is 0 Å². The Morgan fingerprint density at radius 1 is 1.00 bits per heavy atom. The highest BCUT2D eigenvalue weighted by molar-refractivity contribution is 5.84. The average molecular weight is 327 g/mol. The molecule has 0 aromatic heterocycles. The van der Waals surface area contributed by atoms with Crippen molar-refractivity contribution in [3.05, 3.63) is 71.8 Å². The zero-order valence-electron chi connectivity index (χ0n) is 13.6. The molecule has 0 fully saturated rings. The fourth-order valence-corrected chi connectivity index (χ4v) is 2.33. The second kappa shape index (κ2) is 8.84. The fraction of sp³-hybridized carbons (Fsp3) is 0.263. The number of benzene rings is 2. The van der Waals surface area contributed by atoms with Gasteiger partial charge in [0.2, 0.25) is 5.91 Å². The van der Waals surface area contributed by atoms with Gasteiger partial charge in [-0.05, 0) is 11.1 Å². The molecule has 5 heteroatoms. The molecule has 2 rings (SSSR count). The summed E-state index contributed by atoms with van der Waals surface area (Å²) in [7, 11) is 1.50. The van der Waals surface area contributed by atoms with Gasteiger partial charge in [0.25, 0.3) is 0 Å². The summed E-state index contributed by atoms with van der Waals surface area (Å²) in [6.45, 7) is 0.167. The molecule has 0 saturated heterocycles. The molecule has 0 aliphatic carbocycles. The van der Waals surface area contributed by atoms with Crippen molar-refractivity contribution in [2.45, 2.75) is 19.1 Å². The number of carbonyl (C=O) groups is 2. The second-order valence-corrected chi connectivity index (χ2v) is 5.53. The molecule has 1 N–H and O–H groups in total. The van der Waals surface area contributed by atoms with Crippen LogP contribution in [0.5, 0.6) is 0 Å². The SMILES string of the molecule is CN(C(=O)COCc1ccccc1)C(Cc1ccccc1)C(=O)O. The molecule has 0 heterocycles. The number of hydrogen-bond acceptors (Lipinski definition) is 3. The minimum atomic E-state index is -1.03. The maximum absolute atomic E-state index is 12.2. The van der Waals surface area contributed by atoms with Crippen molar-refractivity contribution in [1.82, 2.24) is 4.90 Å². The molecule has 0 aliphatic heterocycles. The number of carboxylic acid groups (broad SMARTS) is 1. The third kappa shape index (κ3) is 5.21. The Hall–Kier alpha value is -2.66. The van der Waals surface area contributed by atoms with Crippen LogP contribution in [0, 0.1) is 0 Å². The van der Waals surface area contributed by atoms with Gasteiger partial charge in [0.05, 0.1) is 6.61 Å². The van der Waals surface area contributed by atoms with Crippen molar-refractivity contribution in [3.63, 3.8) is 0 Å². The summed E-state index contributed by atoms with van der Waals surface area (Å²) in [6, 6.07) is 17.8. The topological polar surface area (TPSA) is 66.8 Å². The Kier molecular flexibility index (Phi) is 6.51. The first-order valence-corrected chi connectivity index (χ1v) is 7.72. The molecule has 0 aliphatic rings. The van der Waals surface area contributed by atoms with E-state index in [-0.39, 0.29) is 18.9 Å². The van der Waals surface area contributed by atoms with E-state index in [0.29, 0.717) is 6.61 Å². The van der Waals surface area contributed by atoms with Gasteiger partial charge < -0.3 is 14.7 Å². The van der Waals surface area contributed by atoms with E-state index in [1.165, 1.54) is 11.9 Å². The van der Waals surface area contributed by atoms with Gasteiger partial charge in [0, 0.05) is 13.5 Å². The van der Waals surface area contributed by atoms with Crippen LogP contribution in [0.1, 0.15) is 11.1 Å². The van der Waals surface area contributed by atoms with E-state index >= 15 is 0 Å². The van der Waals surface area contributed by atoms with Crippen molar-refractivity contribution in [1.29, 1.82) is 0 Å². The molecule has 126 valence electrons. The minimum absolute atomic E-state index is 0.149. The number of hydrogen-bond donors (Lipinski definition) is 1. The Morgan fingerprint density at radius 3 is 2.08 bits per heavy atom. The van der Waals surface area contributed by atoms with E-state index in [2.05, 4.69) is 0 Å². The van der Waals surface area contributed by atoms with Crippen molar-refractivity contribution in [2.24, 2.45) is 0 Å². The molecule has 5 nitrogen and oxygen atoms in total. The zero-order valence-corrected chi connectivity index (χ0v) is 13.6. The highest BCUT2D eigenvalue weighted by Gasteiger charge is 2.26. The third-order valence-corrected chi connectivity index (χ3v) is 3.75. The van der Waals surface area contributed by atoms with Crippen LogP contribution in [-0.4, -0.2) is 41.6 Å². The first-order chi connectivity index (χ1) is 11.6. The minimum Gasteiger partial charge on any atom is -0.480 e. The van der Waals surface area contributed by atoms with E-state index in [1.807, 2.05) is 60.7 Å². The maximum atomic E-state index is 12.2. The fourth-order valence-electron chi connectivity index (χ4n) is 2.33. The molecule has 0 spiro atoms. The number of aliphatic carboxylic acids is 1. The smallest absolute Gasteiger partial charge is 0.326 e. The van der Waals surface area contributed by atoms with Crippen molar-refractivity contribution in [2.75, 3.05) is 13.7 Å². The summed E-state index contributed by atoms with van der Waals surface area (Å²) in [4.78, 5) is 25.0. The molecule has 2 aromatic carbocycles. The Labute approximate surface area is 141 Å². The standard InChI is InChI=1S/C19H21NO4/c1-20(17(19(22)23)12-15-8-4-2-5-9-15)18(21)14-24-13-16-10-6-3-7-11-16/h2-11,17H,12-14H2,1H3,(H,22,23). The summed E-state index contributed by atoms with van der Waals surface area (Å²) in [5, 5.41) is 9.42. The number of carbonyl (C=O) groups excluding carboxylic acids is 1. The lowest BCUT2D eigenvalue weighted by molar-refractivity contribution is -0.151. The van der Waals surface area contributed by atoms with Gasteiger partial charge in [-0.3, -0.25) is 4.79 Å². The Morgan fingerprint density at radius 2 is 1.54 bits per heavy atom. The summed E-state index contributed by atoms with van der Waals surface area (Å²) < 4.78 is 5.40. The first-order valence-electron chi connectivity index (χ1n) is 7.72. The molecular formula is C19H21NO4. The molecule has 24 heavy (non-hydrogen) atoms. The maximum Gasteiger partial charge on any atom is 0.326 e. The highest BCUT2D eigenvalue weighted by atomic mass is 16.5. The predicted molar refractivity (Wildman–Crippen MR) is 90.4 cm³/mol. The number of nitrogens with zero attached hydrogens (tertiary/aromatic N) is 1. The van der Waals surface area contributed by atoms with Crippen LogP contribution in [0.4, 0.5) is 0 Å². The number of carboxylic acids is 1. The van der Waals surface area contributed by atoms with Gasteiger partial charge in [0.1, 0.15) is 12.6 Å². The van der Waals surface area contributed by atoms with Gasteiger partial charge in [0.15, 0.2) is 0 Å². The van der Waals surface area contributed by atoms with Crippen LogP contribution in [0.2, 0.25) is 0 Å². The summed E-state index contributed by atoms with van der Waals surface area (Å²) in [5.41, 5.74) is 1.83. The molecule has 1 amide bonds. The quantitative estimate of drug-likeness (QED) is 0.808. The number of amides is 1. The van der Waals surface area contributed by atoms with Crippen LogP contribution in [-0.2, 0) is 27.4 Å². The van der Waals surface area contributed by atoms with Crippen LogP contribution in [0.3, 0.4) is 0 Å². The van der Waals surface area contributed by atoms with E-state index < -0.39 is 12.0 Å². The van der Waals surface area contributed by atoms with Gasteiger partial charge in [-0.2, -0.15) is 0 Å². The molecule has 0 saturated carbocycles. The average Bonchev–Trinajstić information content (AvgIpc) is 2.60. The first kappa shape index (κ1) is 17.7. The normalized spacial score (nSPS) is 11.7. The van der Waals surface area contributed by atoms with Crippen LogP contribution < -0.4 is 0 Å². The van der Waals surface area contributed by atoms with E-state index in [1.54, 1.807) is 0 Å². The lowest BCUT2D eigenvalue weighted by atomic mass is 10.1. The Balaban J connectivity index is 1.89. The zero-order chi connectivity index (χ0) is 17.4. The number of rotatable bonds is 8. The Bertz CT molecular complexity index is 658. The monoisotopic (exact) mass is 327 g/mol. The van der Waals surface area contributed by atoms with Crippen molar-refractivity contribution in [3.8, 4) is 0 Å². The summed E-state index contributed by atoms with van der Waals surface area (Å²) >= 11 is 0. The molecule has 0 radical (unpaired) electrons. The lowest BCUT2D eigenvalue weighted by Crippen LogP contribution is -2.45. The molecule has 1 atom stereocenters. The predicted octanol–water partition coefficient (Wildman–Crippen LogP) is 2.36. The number of ether oxygens (including phenoxy) is 1. The van der Waals surface area contributed by atoms with Crippen LogP contribution in [0.15, 0.2) is 60.7 Å². The number of likely N-dealkylation sites (N-methyl/N-ethyl adjacent to an activating group) is 1. The van der Waals surface area contributed by atoms with Crippen molar-refractivity contribution < 1.29 is 19.4 Å². The van der Waals surface area contributed by atoms with Gasteiger partial charge in [-0.25, -0.2) is 4.79 Å². The van der Waals surface area contributed by atoms with E-state index in [0.717, 1.165) is 11.1 Å². The third-order valence-electron chi connectivity index (χ3n) is 3.75. The van der Waals surface area contributed by atoms with Gasteiger partial charge >= 0.3 is 5.97 Å². The second-order valence-electron chi connectivity index (χ2n) is 5.53. The van der Waals surface area contributed by atoms with Crippen LogP contribution in [0.25, 0.3) is 0 Å². The van der Waals surface area contributed by atoms with E-state index in [9.17, 15) is 14.7 Å². The molecule has 1 unspecified atom stereocenters. The largest absolute Gasteiger partial charge is 0.480 e. The molecular weight excluding hydrogens is 306 g/mol. The van der Waals surface area contributed by atoms with E-state index in [4.69, 9.17) is 4.74 Å². The lowest BCUT2D eigenvalue weighted by Gasteiger charge is -2.25. The summed E-state index contributed by atoms with van der Waals surface area (Å²) in [6.07, 6.45) is 0.261. The molecule has 2 aromatic rings. The summed E-state index contributed by atoms with van der Waals surface area (Å²) in [5.74, 6) is -1.38. The van der Waals surface area contributed by atoms with Crippen molar-refractivity contribution >= 4 is 11.9 Å².